The number of fused-ring (bicyclic) bond motifs is 2. The van der Waals surface area contributed by atoms with Gasteiger partial charge in [0.05, 0.1) is 21.2 Å². The number of carbonyl (C=O) groups is 3. The summed E-state index contributed by atoms with van der Waals surface area (Å²) in [5.41, 5.74) is 1.08. The molecular formula is C22H19Br2F2NO6. The summed E-state index contributed by atoms with van der Waals surface area (Å²) in [7, 11) is 0. The van der Waals surface area contributed by atoms with E-state index in [2.05, 4.69) is 31.9 Å². The van der Waals surface area contributed by atoms with Crippen LogP contribution in [-0.4, -0.2) is 43.5 Å². The molecule has 0 fully saturated rings. The molecule has 0 bridgehead atoms. The highest BCUT2D eigenvalue weighted by atomic mass is 79.9. The second kappa shape index (κ2) is 10.6. The molecule has 2 heterocycles. The molecule has 1 unspecified atom stereocenters. The fraction of sp³-hybridized carbons (Fsp3) is 0.318. The number of hydrogen-bond acceptors (Lipinski definition) is 6. The van der Waals surface area contributed by atoms with E-state index in [4.69, 9.17) is 14.2 Å². The van der Waals surface area contributed by atoms with Crippen LogP contribution in [0.2, 0.25) is 0 Å². The first-order valence-corrected chi connectivity index (χ1v) is 11.4. The van der Waals surface area contributed by atoms with E-state index in [9.17, 15) is 23.2 Å². The molecule has 0 radical (unpaired) electrons. The van der Waals surface area contributed by atoms with Crippen LogP contribution in [0.5, 0.6) is 11.5 Å². The molecule has 0 aliphatic carbocycles. The molecule has 11 heteroatoms. The Balaban J connectivity index is 0.000000203. The fourth-order valence-corrected chi connectivity index (χ4v) is 3.94. The number of rotatable bonds is 3. The van der Waals surface area contributed by atoms with E-state index >= 15 is 0 Å². The van der Waals surface area contributed by atoms with Crippen LogP contribution in [0.4, 0.5) is 14.5 Å². The number of carbonyl (C=O) groups excluding carboxylic acids is 3. The number of nitrogens with zero attached hydrogens (tertiary/aromatic N) is 1. The van der Waals surface area contributed by atoms with Crippen LogP contribution in [0, 0.1) is 11.6 Å². The standard InChI is InChI=1S/C13H13BrFNO4.C9H6BrFO2/c1-3-19-13(18)7(2)16-10-4-8(14)9(15)5-11(10)20-6-12(16)17;10-7-2-5-1-6(12)4-13-9(5)3-8(7)11/h4-5,7H,3,6H2,1-2H3;2-3H,1,4H2. The molecule has 2 aliphatic rings. The Hall–Kier alpha value is -2.53. The first kappa shape index (κ1) is 25.1. The van der Waals surface area contributed by atoms with E-state index in [0.29, 0.717) is 22.3 Å². The van der Waals surface area contributed by atoms with Gasteiger partial charge in [-0.1, -0.05) is 0 Å². The van der Waals surface area contributed by atoms with Crippen LogP contribution < -0.4 is 14.4 Å². The minimum Gasteiger partial charge on any atom is -0.485 e. The lowest BCUT2D eigenvalue weighted by molar-refractivity contribution is -0.145. The average molecular weight is 591 g/mol. The zero-order chi connectivity index (χ0) is 24.3. The summed E-state index contributed by atoms with van der Waals surface area (Å²) in [6, 6.07) is 4.67. The fourth-order valence-electron chi connectivity index (χ4n) is 3.22. The lowest BCUT2D eigenvalue weighted by atomic mass is 10.1. The molecular weight excluding hydrogens is 572 g/mol. The smallest absolute Gasteiger partial charge is 0.328 e. The van der Waals surface area contributed by atoms with E-state index in [0.717, 1.165) is 5.56 Å². The molecule has 0 spiro atoms. The molecule has 2 aromatic rings. The van der Waals surface area contributed by atoms with Crippen molar-refractivity contribution < 1.29 is 37.4 Å². The molecule has 2 aliphatic heterocycles. The Morgan fingerprint density at radius 3 is 2.33 bits per heavy atom. The van der Waals surface area contributed by atoms with Gasteiger partial charge >= 0.3 is 5.97 Å². The van der Waals surface area contributed by atoms with Crippen molar-refractivity contribution >= 4 is 55.2 Å². The Kier molecular flexibility index (Phi) is 8.06. The maximum absolute atomic E-state index is 13.5. The highest BCUT2D eigenvalue weighted by molar-refractivity contribution is 9.10. The summed E-state index contributed by atoms with van der Waals surface area (Å²) in [4.78, 5) is 36.0. The maximum atomic E-state index is 13.5. The Morgan fingerprint density at radius 1 is 1.06 bits per heavy atom. The van der Waals surface area contributed by atoms with Gasteiger partial charge in [-0.2, -0.15) is 0 Å². The molecule has 1 atom stereocenters. The van der Waals surface area contributed by atoms with Gasteiger partial charge < -0.3 is 14.2 Å². The highest BCUT2D eigenvalue weighted by Crippen LogP contribution is 2.37. The van der Waals surface area contributed by atoms with Crippen LogP contribution >= 0.6 is 31.9 Å². The number of esters is 1. The van der Waals surface area contributed by atoms with Gasteiger partial charge in [0.1, 0.15) is 35.8 Å². The zero-order valence-corrected chi connectivity index (χ0v) is 20.8. The number of hydrogen-bond donors (Lipinski definition) is 0. The van der Waals surface area contributed by atoms with Gasteiger partial charge in [0, 0.05) is 24.1 Å². The van der Waals surface area contributed by atoms with Crippen molar-refractivity contribution in [3.05, 3.63) is 50.4 Å². The van der Waals surface area contributed by atoms with E-state index in [1.165, 1.54) is 23.1 Å². The van der Waals surface area contributed by atoms with Crippen molar-refractivity contribution in [2.45, 2.75) is 26.3 Å². The van der Waals surface area contributed by atoms with E-state index in [-0.39, 0.29) is 47.6 Å². The lowest BCUT2D eigenvalue weighted by Crippen LogP contribution is -2.48. The summed E-state index contributed by atoms with van der Waals surface area (Å²) in [6.45, 7) is 3.28. The average Bonchev–Trinajstić information content (AvgIpc) is 2.76. The third kappa shape index (κ3) is 5.70. The second-order valence-electron chi connectivity index (χ2n) is 7.09. The SMILES string of the molecule is CCOC(=O)C(C)N1C(=O)COc2cc(F)c(Br)cc21.O=C1COc2cc(F)c(Br)cc2C1. The van der Waals surface area contributed by atoms with E-state index in [1.54, 1.807) is 19.9 Å². The number of amides is 1. The number of anilines is 1. The van der Waals surface area contributed by atoms with Crippen molar-refractivity contribution in [3.8, 4) is 11.5 Å². The molecule has 7 nitrogen and oxygen atoms in total. The number of Topliss-reactive ketones (excluding diaryl/α,β-unsaturated/α-hetero) is 1. The van der Waals surface area contributed by atoms with Gasteiger partial charge in [0.2, 0.25) is 0 Å². The number of ketones is 1. The molecule has 1 amide bonds. The van der Waals surface area contributed by atoms with Crippen LogP contribution in [0.25, 0.3) is 0 Å². The van der Waals surface area contributed by atoms with Crippen LogP contribution in [0.1, 0.15) is 19.4 Å². The molecule has 0 saturated carbocycles. The largest absolute Gasteiger partial charge is 0.485 e. The van der Waals surface area contributed by atoms with Gasteiger partial charge in [-0.15, -0.1) is 0 Å². The molecule has 33 heavy (non-hydrogen) atoms. The van der Waals surface area contributed by atoms with Crippen molar-refractivity contribution in [1.29, 1.82) is 0 Å². The molecule has 4 rings (SSSR count). The minimum atomic E-state index is -0.803. The predicted molar refractivity (Wildman–Crippen MR) is 121 cm³/mol. The predicted octanol–water partition coefficient (Wildman–Crippen LogP) is 4.36. The van der Waals surface area contributed by atoms with Gasteiger partial charge in [-0.25, -0.2) is 13.6 Å². The molecule has 0 aromatic heterocycles. The summed E-state index contributed by atoms with van der Waals surface area (Å²) in [5, 5.41) is 0. The van der Waals surface area contributed by atoms with Crippen molar-refractivity contribution in [2.24, 2.45) is 0 Å². The highest BCUT2D eigenvalue weighted by Gasteiger charge is 2.34. The quantitative estimate of drug-likeness (QED) is 0.494. The zero-order valence-electron chi connectivity index (χ0n) is 17.6. The number of ether oxygens (including phenoxy) is 3. The van der Waals surface area contributed by atoms with E-state index < -0.39 is 17.8 Å². The third-order valence-electron chi connectivity index (χ3n) is 4.78. The normalized spacial score (nSPS) is 15.3. The molecule has 0 N–H and O–H groups in total. The Bertz CT molecular complexity index is 1110. The number of halogens is 4. The first-order chi connectivity index (χ1) is 15.6. The topological polar surface area (TPSA) is 82.1 Å². The van der Waals surface area contributed by atoms with Crippen LogP contribution in [-0.2, 0) is 25.5 Å². The van der Waals surface area contributed by atoms with Crippen molar-refractivity contribution in [2.75, 3.05) is 24.7 Å². The lowest BCUT2D eigenvalue weighted by Gasteiger charge is -2.33. The number of benzene rings is 2. The summed E-state index contributed by atoms with van der Waals surface area (Å²) >= 11 is 6.11. The Labute approximate surface area is 205 Å². The third-order valence-corrected chi connectivity index (χ3v) is 5.99. The van der Waals surface area contributed by atoms with Crippen LogP contribution in [0.3, 0.4) is 0 Å². The summed E-state index contributed by atoms with van der Waals surface area (Å²) < 4.78 is 42.2. The van der Waals surface area contributed by atoms with Crippen molar-refractivity contribution in [1.82, 2.24) is 0 Å². The molecule has 176 valence electrons. The van der Waals surface area contributed by atoms with E-state index in [1.807, 2.05) is 0 Å². The maximum Gasteiger partial charge on any atom is 0.328 e. The first-order valence-electron chi connectivity index (χ1n) is 9.85. The van der Waals surface area contributed by atoms with Gasteiger partial charge in [0.15, 0.2) is 12.4 Å². The van der Waals surface area contributed by atoms with Gasteiger partial charge in [-0.3, -0.25) is 14.5 Å². The molecule has 0 saturated heterocycles. The molecule has 2 aromatic carbocycles. The minimum absolute atomic E-state index is 0.0195. The summed E-state index contributed by atoms with van der Waals surface area (Å²) in [6.07, 6.45) is 0.328. The monoisotopic (exact) mass is 589 g/mol. The van der Waals surface area contributed by atoms with Gasteiger partial charge in [0.25, 0.3) is 5.91 Å². The summed E-state index contributed by atoms with van der Waals surface area (Å²) in [5.74, 6) is -1.05. The van der Waals surface area contributed by atoms with Crippen molar-refractivity contribution in [3.63, 3.8) is 0 Å². The van der Waals surface area contributed by atoms with Crippen LogP contribution in [0.15, 0.2) is 33.2 Å². The van der Waals surface area contributed by atoms with Gasteiger partial charge in [-0.05, 0) is 57.8 Å². The second-order valence-corrected chi connectivity index (χ2v) is 8.80. The Morgan fingerprint density at radius 2 is 1.67 bits per heavy atom.